The lowest BCUT2D eigenvalue weighted by atomic mass is 10.2. The summed E-state index contributed by atoms with van der Waals surface area (Å²) in [5.74, 6) is -11.9. The lowest BCUT2D eigenvalue weighted by Crippen LogP contribution is -2.40. The zero-order valence-corrected chi connectivity index (χ0v) is 16.4. The molecule has 1 heterocycles. The molecule has 31 heavy (non-hydrogen) atoms. The molecule has 0 aliphatic carbocycles. The number of benzene rings is 2. The summed E-state index contributed by atoms with van der Waals surface area (Å²) in [4.78, 5) is 12.0. The van der Waals surface area contributed by atoms with E-state index >= 15 is 0 Å². The lowest BCUT2D eigenvalue weighted by Gasteiger charge is -2.26. The van der Waals surface area contributed by atoms with Crippen LogP contribution in [0.25, 0.3) is 0 Å². The number of sulfonamides is 1. The van der Waals surface area contributed by atoms with Gasteiger partial charge in [0.1, 0.15) is 0 Å². The molecule has 3 rings (SSSR count). The Morgan fingerprint density at radius 2 is 1.58 bits per heavy atom. The summed E-state index contributed by atoms with van der Waals surface area (Å²) < 4.78 is 98.2. The standard InChI is InChI=1S/C18H14F5N3O4S/c19-13-12(14(20)16(22)17(23)15(13)21)9-24-25-18(27)10-2-1-3-11(8-10)31(28,29)26-4-6-30-7-5-26/h1-3,8-9H,4-7H2,(H,25,27)/b24-9-. The molecule has 0 bridgehead atoms. The third kappa shape index (κ3) is 4.57. The molecule has 1 amide bonds. The highest BCUT2D eigenvalue weighted by atomic mass is 32.2. The van der Waals surface area contributed by atoms with Crippen LogP contribution in [0.2, 0.25) is 0 Å². The Hall–Kier alpha value is -2.90. The van der Waals surface area contributed by atoms with E-state index in [1.54, 1.807) is 0 Å². The molecule has 7 nitrogen and oxygen atoms in total. The molecule has 0 aromatic heterocycles. The minimum Gasteiger partial charge on any atom is -0.379 e. The van der Waals surface area contributed by atoms with Crippen molar-refractivity contribution in [1.29, 1.82) is 0 Å². The Morgan fingerprint density at radius 1 is 1.00 bits per heavy atom. The molecule has 0 atom stereocenters. The Bertz CT molecular complexity index is 1120. The summed E-state index contributed by atoms with van der Waals surface area (Å²) in [6, 6.07) is 4.89. The number of carbonyl (C=O) groups is 1. The highest BCUT2D eigenvalue weighted by Crippen LogP contribution is 2.22. The second kappa shape index (κ2) is 9.08. The number of amides is 1. The van der Waals surface area contributed by atoms with Crippen molar-refractivity contribution < 1.29 is 39.9 Å². The van der Waals surface area contributed by atoms with E-state index in [-0.39, 0.29) is 43.0 Å². The third-order valence-corrected chi connectivity index (χ3v) is 6.20. The van der Waals surface area contributed by atoms with E-state index in [0.717, 1.165) is 6.07 Å². The van der Waals surface area contributed by atoms with E-state index in [1.165, 1.54) is 22.5 Å². The number of carbonyl (C=O) groups excluding carboxylic acids is 1. The van der Waals surface area contributed by atoms with Crippen molar-refractivity contribution in [1.82, 2.24) is 9.73 Å². The van der Waals surface area contributed by atoms with Gasteiger partial charge < -0.3 is 4.74 Å². The summed E-state index contributed by atoms with van der Waals surface area (Å²) >= 11 is 0. The van der Waals surface area contributed by atoms with Crippen molar-refractivity contribution in [2.75, 3.05) is 26.3 Å². The second-order valence-electron chi connectivity index (χ2n) is 6.23. The van der Waals surface area contributed by atoms with Gasteiger partial charge in [-0.05, 0) is 18.2 Å². The predicted octanol–water partition coefficient (Wildman–Crippen LogP) is 2.17. The van der Waals surface area contributed by atoms with Crippen molar-refractivity contribution in [2.24, 2.45) is 5.10 Å². The fourth-order valence-corrected chi connectivity index (χ4v) is 4.14. The Kier molecular flexibility index (Phi) is 6.67. The van der Waals surface area contributed by atoms with Gasteiger partial charge in [0.05, 0.1) is 29.9 Å². The van der Waals surface area contributed by atoms with Gasteiger partial charge in [-0.2, -0.15) is 9.41 Å². The molecule has 0 spiro atoms. The molecule has 0 saturated carbocycles. The van der Waals surface area contributed by atoms with Crippen LogP contribution >= 0.6 is 0 Å². The monoisotopic (exact) mass is 463 g/mol. The van der Waals surface area contributed by atoms with Crippen LogP contribution in [0.3, 0.4) is 0 Å². The van der Waals surface area contributed by atoms with Gasteiger partial charge >= 0.3 is 0 Å². The van der Waals surface area contributed by atoms with Crippen LogP contribution in [0.4, 0.5) is 22.0 Å². The van der Waals surface area contributed by atoms with E-state index in [2.05, 4.69) is 5.10 Å². The molecule has 0 radical (unpaired) electrons. The van der Waals surface area contributed by atoms with Crippen LogP contribution in [0, 0.1) is 29.1 Å². The molecule has 1 fully saturated rings. The van der Waals surface area contributed by atoms with Crippen LogP contribution in [-0.2, 0) is 14.8 Å². The first-order chi connectivity index (χ1) is 14.6. The number of nitrogens with one attached hydrogen (secondary N) is 1. The molecular weight excluding hydrogens is 449 g/mol. The number of nitrogens with zero attached hydrogens (tertiary/aromatic N) is 2. The number of rotatable bonds is 5. The Balaban J connectivity index is 1.79. The quantitative estimate of drug-likeness (QED) is 0.242. The maximum Gasteiger partial charge on any atom is 0.271 e. The number of halogens is 5. The normalized spacial score (nSPS) is 15.4. The lowest BCUT2D eigenvalue weighted by molar-refractivity contribution is 0.0730. The summed E-state index contributed by atoms with van der Waals surface area (Å²) in [6.45, 7) is 0.744. The Labute approximate surface area is 173 Å². The molecule has 1 N–H and O–H groups in total. The van der Waals surface area contributed by atoms with Crippen molar-refractivity contribution in [3.63, 3.8) is 0 Å². The molecular formula is C18H14F5N3O4S. The molecule has 2 aromatic rings. The van der Waals surface area contributed by atoms with Crippen LogP contribution in [0.5, 0.6) is 0 Å². The van der Waals surface area contributed by atoms with E-state index in [0.29, 0.717) is 0 Å². The fourth-order valence-electron chi connectivity index (χ4n) is 2.69. The van der Waals surface area contributed by atoms with Crippen molar-refractivity contribution in [2.45, 2.75) is 4.90 Å². The number of morpholine rings is 1. The van der Waals surface area contributed by atoms with Gasteiger partial charge in [-0.15, -0.1) is 0 Å². The molecule has 13 heteroatoms. The third-order valence-electron chi connectivity index (χ3n) is 4.31. The first-order valence-corrected chi connectivity index (χ1v) is 10.1. The number of hydrazone groups is 1. The van der Waals surface area contributed by atoms with E-state index in [9.17, 15) is 35.2 Å². The van der Waals surface area contributed by atoms with Crippen LogP contribution in [0.1, 0.15) is 15.9 Å². The highest BCUT2D eigenvalue weighted by Gasteiger charge is 2.27. The summed E-state index contributed by atoms with van der Waals surface area (Å²) in [6.07, 6.45) is 0.252. The fraction of sp³-hybridized carbons (Fsp3) is 0.222. The Morgan fingerprint density at radius 3 is 2.19 bits per heavy atom. The maximum absolute atomic E-state index is 13.6. The first kappa shape index (κ1) is 22.8. The van der Waals surface area contributed by atoms with E-state index in [4.69, 9.17) is 4.74 Å². The molecule has 1 saturated heterocycles. The summed E-state index contributed by atoms with van der Waals surface area (Å²) in [5, 5.41) is 3.20. The zero-order chi connectivity index (χ0) is 22.8. The van der Waals surface area contributed by atoms with Crippen molar-refractivity contribution >= 4 is 22.1 Å². The molecule has 1 aliphatic rings. The minimum atomic E-state index is -3.89. The predicted molar refractivity (Wildman–Crippen MR) is 97.3 cm³/mol. The second-order valence-corrected chi connectivity index (χ2v) is 8.16. The molecule has 0 unspecified atom stereocenters. The SMILES string of the molecule is O=C(N/N=C\c1c(F)c(F)c(F)c(F)c1F)c1cccc(S(=O)(=O)N2CCOCC2)c1. The highest BCUT2D eigenvalue weighted by molar-refractivity contribution is 7.89. The summed E-state index contributed by atoms with van der Waals surface area (Å²) in [5.41, 5.74) is 0.334. The van der Waals surface area contributed by atoms with Crippen LogP contribution in [0.15, 0.2) is 34.3 Å². The molecule has 166 valence electrons. The average Bonchev–Trinajstić information content (AvgIpc) is 2.79. The molecule has 2 aromatic carbocycles. The number of ether oxygens (including phenoxy) is 1. The largest absolute Gasteiger partial charge is 0.379 e. The van der Waals surface area contributed by atoms with Gasteiger partial charge in [-0.3, -0.25) is 4.79 Å². The average molecular weight is 463 g/mol. The van der Waals surface area contributed by atoms with Gasteiger partial charge in [0, 0.05) is 18.7 Å². The van der Waals surface area contributed by atoms with Gasteiger partial charge in [0.25, 0.3) is 5.91 Å². The van der Waals surface area contributed by atoms with Gasteiger partial charge in [-0.25, -0.2) is 35.8 Å². The van der Waals surface area contributed by atoms with Gasteiger partial charge in [0.2, 0.25) is 15.8 Å². The smallest absolute Gasteiger partial charge is 0.271 e. The first-order valence-electron chi connectivity index (χ1n) is 8.67. The number of hydrogen-bond acceptors (Lipinski definition) is 5. The van der Waals surface area contributed by atoms with Crippen LogP contribution < -0.4 is 5.43 Å². The van der Waals surface area contributed by atoms with Crippen molar-refractivity contribution in [3.05, 3.63) is 64.5 Å². The van der Waals surface area contributed by atoms with Crippen molar-refractivity contribution in [3.8, 4) is 0 Å². The van der Waals surface area contributed by atoms with Gasteiger partial charge in [0.15, 0.2) is 23.3 Å². The van der Waals surface area contributed by atoms with E-state index < -0.39 is 50.6 Å². The van der Waals surface area contributed by atoms with E-state index in [1.807, 2.05) is 5.43 Å². The minimum absolute atomic E-state index is 0.144. The van der Waals surface area contributed by atoms with Crippen LogP contribution in [-0.4, -0.2) is 51.1 Å². The van der Waals surface area contributed by atoms with Gasteiger partial charge in [-0.1, -0.05) is 6.07 Å². The number of hydrogen-bond donors (Lipinski definition) is 1. The molecule has 1 aliphatic heterocycles. The topological polar surface area (TPSA) is 88.1 Å². The summed E-state index contributed by atoms with van der Waals surface area (Å²) in [7, 11) is -3.89. The maximum atomic E-state index is 13.6. The zero-order valence-electron chi connectivity index (χ0n) is 15.5.